The van der Waals surface area contributed by atoms with Gasteiger partial charge in [-0.3, -0.25) is 24.0 Å². The normalized spacial score (nSPS) is 27.8. The van der Waals surface area contributed by atoms with Crippen molar-refractivity contribution in [2.45, 2.75) is 65.1 Å². The van der Waals surface area contributed by atoms with Gasteiger partial charge >= 0.3 is 29.8 Å². The average molecular weight is 404 g/mol. The third-order valence-electron chi connectivity index (χ3n) is 3.91. The van der Waals surface area contributed by atoms with Crippen LogP contribution in [0.5, 0.6) is 0 Å². The van der Waals surface area contributed by atoms with E-state index < -0.39 is 72.9 Å². The number of hydrogen-bond donors (Lipinski definition) is 1. The molecule has 11 nitrogen and oxygen atoms in total. The standard InChI is InChI=1S/C17H24O11/c1-7(17(22)23)13-15(26-10(4)20)16(27-11(5)21)14(25-9(3)19)12(28-13)6-24-8(2)18/h7,12-16H,6H2,1-5H3,(H,22,23)/t7?,12-,13-,14-,15-,16+/m1/s1. The zero-order valence-corrected chi connectivity index (χ0v) is 16.2. The first kappa shape index (κ1) is 23.3. The van der Waals surface area contributed by atoms with E-state index in [1.165, 1.54) is 6.92 Å². The van der Waals surface area contributed by atoms with Gasteiger partial charge in [-0.1, -0.05) is 0 Å². The Morgan fingerprint density at radius 2 is 1.29 bits per heavy atom. The van der Waals surface area contributed by atoms with E-state index in [0.717, 1.165) is 27.7 Å². The van der Waals surface area contributed by atoms with E-state index >= 15 is 0 Å². The first-order chi connectivity index (χ1) is 12.9. The molecule has 0 saturated carbocycles. The number of rotatable bonds is 7. The van der Waals surface area contributed by atoms with Gasteiger partial charge < -0.3 is 28.8 Å². The van der Waals surface area contributed by atoms with Crippen molar-refractivity contribution in [2.24, 2.45) is 5.92 Å². The van der Waals surface area contributed by atoms with Crippen LogP contribution >= 0.6 is 0 Å². The number of ether oxygens (including phenoxy) is 5. The number of carboxylic acid groups (broad SMARTS) is 1. The molecule has 0 radical (unpaired) electrons. The van der Waals surface area contributed by atoms with Crippen LogP contribution in [0, 0.1) is 5.92 Å². The molecule has 11 heteroatoms. The lowest BCUT2D eigenvalue weighted by molar-refractivity contribution is -0.260. The van der Waals surface area contributed by atoms with Crippen LogP contribution in [0.4, 0.5) is 0 Å². The molecule has 0 aliphatic carbocycles. The van der Waals surface area contributed by atoms with E-state index in [1.807, 2.05) is 0 Å². The minimum absolute atomic E-state index is 0.402. The Morgan fingerprint density at radius 3 is 1.71 bits per heavy atom. The van der Waals surface area contributed by atoms with Gasteiger partial charge in [0.25, 0.3) is 0 Å². The fourth-order valence-electron chi connectivity index (χ4n) is 2.80. The fraction of sp³-hybridized carbons (Fsp3) is 0.706. The first-order valence-corrected chi connectivity index (χ1v) is 8.47. The highest BCUT2D eigenvalue weighted by Gasteiger charge is 2.54. The monoisotopic (exact) mass is 404 g/mol. The molecule has 0 aromatic carbocycles. The number of esters is 4. The summed E-state index contributed by atoms with van der Waals surface area (Å²) in [6.07, 6.45) is -6.46. The lowest BCUT2D eigenvalue weighted by atomic mass is 9.88. The van der Waals surface area contributed by atoms with Crippen LogP contribution in [0.15, 0.2) is 0 Å². The van der Waals surface area contributed by atoms with Crippen LogP contribution in [0.3, 0.4) is 0 Å². The molecule has 1 aliphatic heterocycles. The number of hydrogen-bond acceptors (Lipinski definition) is 10. The van der Waals surface area contributed by atoms with E-state index in [-0.39, 0.29) is 0 Å². The predicted octanol–water partition coefficient (Wildman–Crippen LogP) is -0.167. The van der Waals surface area contributed by atoms with Crippen molar-refractivity contribution in [1.82, 2.24) is 0 Å². The van der Waals surface area contributed by atoms with Crippen LogP contribution in [-0.4, -0.2) is 72.1 Å². The summed E-state index contributed by atoms with van der Waals surface area (Å²) in [6.45, 7) is 5.32. The fourth-order valence-corrected chi connectivity index (χ4v) is 2.80. The highest BCUT2D eigenvalue weighted by molar-refractivity contribution is 5.71. The number of carbonyl (C=O) groups is 5. The number of carbonyl (C=O) groups excluding carboxylic acids is 4. The molecule has 1 N–H and O–H groups in total. The van der Waals surface area contributed by atoms with Crippen molar-refractivity contribution in [3.63, 3.8) is 0 Å². The maximum Gasteiger partial charge on any atom is 0.309 e. The van der Waals surface area contributed by atoms with Crippen LogP contribution in [-0.2, 0) is 47.7 Å². The predicted molar refractivity (Wildman–Crippen MR) is 88.8 cm³/mol. The molecule has 0 bridgehead atoms. The molecule has 1 unspecified atom stereocenters. The maximum absolute atomic E-state index is 11.6. The molecule has 1 aliphatic rings. The second kappa shape index (κ2) is 10.0. The molecule has 1 heterocycles. The molecule has 0 aromatic heterocycles. The van der Waals surface area contributed by atoms with Crippen molar-refractivity contribution < 1.29 is 52.8 Å². The second-order valence-electron chi connectivity index (χ2n) is 6.29. The summed E-state index contributed by atoms with van der Waals surface area (Å²) >= 11 is 0. The summed E-state index contributed by atoms with van der Waals surface area (Å²) in [5, 5.41) is 9.37. The molecule has 1 rings (SSSR count). The third kappa shape index (κ3) is 6.48. The van der Waals surface area contributed by atoms with Gasteiger partial charge in [0.2, 0.25) is 0 Å². The highest BCUT2D eigenvalue weighted by Crippen LogP contribution is 2.32. The molecule has 0 spiro atoms. The molecular formula is C17H24O11. The Hall–Kier alpha value is -2.69. The minimum Gasteiger partial charge on any atom is -0.481 e. The van der Waals surface area contributed by atoms with Crippen molar-refractivity contribution in [2.75, 3.05) is 6.61 Å². The van der Waals surface area contributed by atoms with Crippen molar-refractivity contribution in [1.29, 1.82) is 0 Å². The molecular weight excluding hydrogens is 380 g/mol. The summed E-state index contributed by atoms with van der Waals surface area (Å²) in [5.74, 6) is -5.44. The van der Waals surface area contributed by atoms with Crippen molar-refractivity contribution in [3.8, 4) is 0 Å². The smallest absolute Gasteiger partial charge is 0.309 e. The quantitative estimate of drug-likeness (QED) is 0.445. The molecule has 0 aromatic rings. The largest absolute Gasteiger partial charge is 0.481 e. The van der Waals surface area contributed by atoms with Gasteiger partial charge in [0, 0.05) is 27.7 Å². The van der Waals surface area contributed by atoms with E-state index in [0.29, 0.717) is 0 Å². The van der Waals surface area contributed by atoms with Crippen LogP contribution in [0.1, 0.15) is 34.6 Å². The lowest BCUT2D eigenvalue weighted by Crippen LogP contribution is -2.64. The van der Waals surface area contributed by atoms with Gasteiger partial charge in [-0.15, -0.1) is 0 Å². The number of carboxylic acids is 1. The van der Waals surface area contributed by atoms with Crippen molar-refractivity contribution in [3.05, 3.63) is 0 Å². The summed E-state index contributed by atoms with van der Waals surface area (Å²) in [7, 11) is 0. The Morgan fingerprint density at radius 1 is 0.821 bits per heavy atom. The van der Waals surface area contributed by atoms with Gasteiger partial charge in [-0.25, -0.2) is 0 Å². The van der Waals surface area contributed by atoms with Gasteiger partial charge in [-0.2, -0.15) is 0 Å². The lowest BCUT2D eigenvalue weighted by Gasteiger charge is -2.45. The second-order valence-corrected chi connectivity index (χ2v) is 6.29. The van der Waals surface area contributed by atoms with Crippen LogP contribution < -0.4 is 0 Å². The minimum atomic E-state index is -1.37. The molecule has 158 valence electrons. The van der Waals surface area contributed by atoms with Gasteiger partial charge in [-0.05, 0) is 6.92 Å². The van der Waals surface area contributed by atoms with E-state index in [9.17, 15) is 29.1 Å². The molecule has 28 heavy (non-hydrogen) atoms. The van der Waals surface area contributed by atoms with Gasteiger partial charge in [0.1, 0.15) is 18.8 Å². The Labute approximate surface area is 161 Å². The highest BCUT2D eigenvalue weighted by atomic mass is 16.7. The van der Waals surface area contributed by atoms with Crippen LogP contribution in [0.2, 0.25) is 0 Å². The maximum atomic E-state index is 11.6. The van der Waals surface area contributed by atoms with Gasteiger partial charge in [0.15, 0.2) is 18.3 Å². The zero-order chi connectivity index (χ0) is 21.6. The Kier molecular flexibility index (Phi) is 8.35. The van der Waals surface area contributed by atoms with E-state index in [1.54, 1.807) is 0 Å². The topological polar surface area (TPSA) is 152 Å². The third-order valence-corrected chi connectivity index (χ3v) is 3.91. The summed E-state index contributed by atoms with van der Waals surface area (Å²) < 4.78 is 26.2. The average Bonchev–Trinajstić information content (AvgIpc) is 2.54. The van der Waals surface area contributed by atoms with Crippen LogP contribution in [0.25, 0.3) is 0 Å². The molecule has 0 amide bonds. The van der Waals surface area contributed by atoms with Gasteiger partial charge in [0.05, 0.1) is 5.92 Å². The Bertz CT molecular complexity index is 629. The number of aliphatic carboxylic acids is 1. The molecule has 1 fully saturated rings. The van der Waals surface area contributed by atoms with E-state index in [4.69, 9.17) is 23.7 Å². The summed E-state index contributed by atoms with van der Waals surface area (Å²) in [5.41, 5.74) is 0. The Balaban J connectivity index is 3.39. The summed E-state index contributed by atoms with van der Waals surface area (Å²) in [6, 6.07) is 0. The SMILES string of the molecule is CC(=O)OC[C@H]1O[C@H](C(C)C(=O)O)[C@@H](OC(C)=O)[C@@H](OC(C)=O)[C@@H]1OC(C)=O. The van der Waals surface area contributed by atoms with Crippen molar-refractivity contribution >= 4 is 29.8 Å². The van der Waals surface area contributed by atoms with E-state index in [2.05, 4.69) is 0 Å². The zero-order valence-electron chi connectivity index (χ0n) is 16.2. The summed E-state index contributed by atoms with van der Waals surface area (Å²) in [4.78, 5) is 57.4. The molecule has 1 saturated heterocycles. The first-order valence-electron chi connectivity index (χ1n) is 8.47. The molecule has 6 atom stereocenters.